The van der Waals surface area contributed by atoms with Gasteiger partial charge in [0.25, 0.3) is 0 Å². The van der Waals surface area contributed by atoms with Crippen LogP contribution in [0.1, 0.15) is 44.6 Å². The minimum atomic E-state index is 0.665. The van der Waals surface area contributed by atoms with Gasteiger partial charge in [-0.25, -0.2) is 0 Å². The lowest BCUT2D eigenvalue weighted by Crippen LogP contribution is -2.35. The fourth-order valence-electron chi connectivity index (χ4n) is 3.13. The summed E-state index contributed by atoms with van der Waals surface area (Å²) in [6, 6.07) is 7.05. The van der Waals surface area contributed by atoms with Crippen molar-refractivity contribution in [3.8, 4) is 0 Å². The predicted octanol–water partition coefficient (Wildman–Crippen LogP) is 3.98. The van der Waals surface area contributed by atoms with Crippen LogP contribution in [0.3, 0.4) is 0 Å². The maximum absolute atomic E-state index is 6.14. The molecule has 0 radical (unpaired) electrons. The van der Waals surface area contributed by atoms with E-state index in [-0.39, 0.29) is 0 Å². The lowest BCUT2D eigenvalue weighted by atomic mass is 9.84. The Morgan fingerprint density at radius 2 is 1.89 bits per heavy atom. The number of anilines is 2. The first-order chi connectivity index (χ1) is 8.61. The molecule has 2 nitrogen and oxygen atoms in total. The molecule has 0 unspecified atom stereocenters. The number of nitrogens with zero attached hydrogens (tertiary/aromatic N) is 1. The molecule has 18 heavy (non-hydrogen) atoms. The second-order valence-electron chi connectivity index (χ2n) is 5.76. The zero-order chi connectivity index (χ0) is 13.1. The van der Waals surface area contributed by atoms with Crippen molar-refractivity contribution in [2.75, 3.05) is 17.7 Å². The van der Waals surface area contributed by atoms with Crippen LogP contribution in [0, 0.1) is 12.8 Å². The van der Waals surface area contributed by atoms with Crippen molar-refractivity contribution in [1.82, 2.24) is 0 Å². The van der Waals surface area contributed by atoms with E-state index in [2.05, 4.69) is 44.0 Å². The lowest BCUT2D eigenvalue weighted by Gasteiger charge is -2.36. The van der Waals surface area contributed by atoms with Gasteiger partial charge in [0, 0.05) is 13.1 Å². The summed E-state index contributed by atoms with van der Waals surface area (Å²) in [7, 11) is 2.19. The van der Waals surface area contributed by atoms with E-state index >= 15 is 0 Å². The highest BCUT2D eigenvalue weighted by Crippen LogP contribution is 2.33. The summed E-state index contributed by atoms with van der Waals surface area (Å²) in [6.07, 6.45) is 6.70. The molecule has 0 heterocycles. The highest BCUT2D eigenvalue weighted by atomic mass is 15.1. The van der Waals surface area contributed by atoms with E-state index in [1.54, 1.807) is 0 Å². The van der Waals surface area contributed by atoms with Crippen molar-refractivity contribution < 1.29 is 0 Å². The third kappa shape index (κ3) is 2.80. The van der Waals surface area contributed by atoms with E-state index in [4.69, 9.17) is 5.73 Å². The summed E-state index contributed by atoms with van der Waals surface area (Å²) in [5.41, 5.74) is 9.48. The molecule has 2 N–H and O–H groups in total. The summed E-state index contributed by atoms with van der Waals surface area (Å²) in [5.74, 6) is 0.949. The molecular formula is C16H26N2. The molecule has 1 fully saturated rings. The maximum atomic E-state index is 6.14. The van der Waals surface area contributed by atoms with Crippen LogP contribution in [0.25, 0.3) is 0 Å². The van der Waals surface area contributed by atoms with E-state index in [9.17, 15) is 0 Å². The van der Waals surface area contributed by atoms with Crippen LogP contribution in [0.5, 0.6) is 0 Å². The first kappa shape index (κ1) is 13.3. The first-order valence-corrected chi connectivity index (χ1v) is 7.20. The highest BCUT2D eigenvalue weighted by molar-refractivity contribution is 5.68. The molecular weight excluding hydrogens is 220 g/mol. The van der Waals surface area contributed by atoms with Gasteiger partial charge < -0.3 is 10.6 Å². The van der Waals surface area contributed by atoms with Crippen LogP contribution in [0.4, 0.5) is 11.4 Å². The molecule has 1 aliphatic carbocycles. The Balaban J connectivity index is 2.05. The lowest BCUT2D eigenvalue weighted by molar-refractivity contribution is 0.313. The number of nitrogen functional groups attached to an aromatic ring is 1. The Kier molecular flexibility index (Phi) is 4.15. The van der Waals surface area contributed by atoms with Gasteiger partial charge in [0.1, 0.15) is 0 Å². The quantitative estimate of drug-likeness (QED) is 0.817. The van der Waals surface area contributed by atoms with Crippen LogP contribution in [-0.2, 0) is 0 Å². The topological polar surface area (TPSA) is 29.3 Å². The second kappa shape index (κ2) is 5.64. The van der Waals surface area contributed by atoms with Gasteiger partial charge in [0.15, 0.2) is 0 Å². The Morgan fingerprint density at radius 3 is 2.44 bits per heavy atom. The summed E-state index contributed by atoms with van der Waals surface area (Å²) < 4.78 is 0. The van der Waals surface area contributed by atoms with Gasteiger partial charge in [0.05, 0.1) is 11.4 Å². The van der Waals surface area contributed by atoms with Gasteiger partial charge in [-0.3, -0.25) is 0 Å². The molecule has 0 atom stereocenters. The van der Waals surface area contributed by atoms with Crippen molar-refractivity contribution in [2.24, 2.45) is 5.92 Å². The third-order valence-electron chi connectivity index (χ3n) is 4.50. The summed E-state index contributed by atoms with van der Waals surface area (Å²) >= 11 is 0. The standard InChI is InChI=1S/C16H26N2/c1-4-13-6-8-14(9-7-13)18(3)16-10-5-12(2)11-15(16)17/h5,10-11,13-14H,4,6-9,17H2,1-3H3. The van der Waals surface area contributed by atoms with Crippen LogP contribution >= 0.6 is 0 Å². The van der Waals surface area contributed by atoms with Crippen LogP contribution in [-0.4, -0.2) is 13.1 Å². The van der Waals surface area contributed by atoms with E-state index in [0.29, 0.717) is 6.04 Å². The monoisotopic (exact) mass is 246 g/mol. The molecule has 0 amide bonds. The van der Waals surface area contributed by atoms with Gasteiger partial charge in [-0.2, -0.15) is 0 Å². The molecule has 2 rings (SSSR count). The highest BCUT2D eigenvalue weighted by Gasteiger charge is 2.23. The van der Waals surface area contributed by atoms with Crippen molar-refractivity contribution in [2.45, 2.75) is 52.0 Å². The number of benzene rings is 1. The number of hydrogen-bond donors (Lipinski definition) is 1. The van der Waals surface area contributed by atoms with Crippen LogP contribution in [0.15, 0.2) is 18.2 Å². The van der Waals surface area contributed by atoms with Gasteiger partial charge >= 0.3 is 0 Å². The van der Waals surface area contributed by atoms with E-state index in [0.717, 1.165) is 11.6 Å². The molecule has 1 aliphatic rings. The van der Waals surface area contributed by atoms with Crippen molar-refractivity contribution >= 4 is 11.4 Å². The van der Waals surface area contributed by atoms with Crippen LogP contribution in [0.2, 0.25) is 0 Å². The predicted molar refractivity (Wildman–Crippen MR) is 80.0 cm³/mol. The molecule has 0 bridgehead atoms. The molecule has 1 aromatic rings. The van der Waals surface area contributed by atoms with Crippen molar-refractivity contribution in [1.29, 1.82) is 0 Å². The van der Waals surface area contributed by atoms with E-state index < -0.39 is 0 Å². The molecule has 0 saturated heterocycles. The number of aryl methyl sites for hydroxylation is 1. The number of nitrogens with two attached hydrogens (primary N) is 1. The third-order valence-corrected chi connectivity index (χ3v) is 4.50. The average Bonchev–Trinajstić information content (AvgIpc) is 2.38. The zero-order valence-corrected chi connectivity index (χ0v) is 11.9. The maximum Gasteiger partial charge on any atom is 0.0600 e. The number of rotatable bonds is 3. The fraction of sp³-hybridized carbons (Fsp3) is 0.625. The zero-order valence-electron chi connectivity index (χ0n) is 11.9. The normalized spacial score (nSPS) is 23.9. The molecule has 100 valence electrons. The Labute approximate surface area is 111 Å². The van der Waals surface area contributed by atoms with Crippen LogP contribution < -0.4 is 10.6 Å². The van der Waals surface area contributed by atoms with Crippen molar-refractivity contribution in [3.63, 3.8) is 0 Å². The van der Waals surface area contributed by atoms with Gasteiger partial charge in [-0.1, -0.05) is 19.4 Å². The largest absolute Gasteiger partial charge is 0.397 e. The molecule has 0 aromatic heterocycles. The van der Waals surface area contributed by atoms with E-state index in [1.165, 1.54) is 43.4 Å². The first-order valence-electron chi connectivity index (χ1n) is 7.20. The average molecular weight is 246 g/mol. The minimum Gasteiger partial charge on any atom is -0.397 e. The Morgan fingerprint density at radius 1 is 1.22 bits per heavy atom. The Bertz CT molecular complexity index is 392. The molecule has 0 spiro atoms. The van der Waals surface area contributed by atoms with Gasteiger partial charge in [-0.05, 0) is 56.2 Å². The SMILES string of the molecule is CCC1CCC(N(C)c2ccc(C)cc2N)CC1. The second-order valence-corrected chi connectivity index (χ2v) is 5.76. The molecule has 2 heteroatoms. The van der Waals surface area contributed by atoms with E-state index in [1.807, 2.05) is 0 Å². The fourth-order valence-corrected chi connectivity index (χ4v) is 3.13. The molecule has 0 aliphatic heterocycles. The summed E-state index contributed by atoms with van der Waals surface area (Å²) in [6.45, 7) is 4.40. The Hall–Kier alpha value is -1.18. The van der Waals surface area contributed by atoms with Gasteiger partial charge in [0.2, 0.25) is 0 Å². The summed E-state index contributed by atoms with van der Waals surface area (Å²) in [4.78, 5) is 2.39. The smallest absolute Gasteiger partial charge is 0.0600 e. The molecule has 1 aromatic carbocycles. The van der Waals surface area contributed by atoms with Gasteiger partial charge in [-0.15, -0.1) is 0 Å². The summed E-state index contributed by atoms with van der Waals surface area (Å²) in [5, 5.41) is 0. The molecule has 1 saturated carbocycles. The number of hydrogen-bond acceptors (Lipinski definition) is 2. The minimum absolute atomic E-state index is 0.665. The van der Waals surface area contributed by atoms with Crippen molar-refractivity contribution in [3.05, 3.63) is 23.8 Å².